The standard InChI is InChI=1S/C26H34ClN3O4/c1-32-23-11-17(12-24(33-2)26(23)34-3)15-28-18-13-19-7-6-8-20(14-18)30(19)16-25(31)29-22-10-5-4-9-21(22)27/h4-5,9-12,18-20,28H,6-8,13-16H2,1-3H3,(H,29,31). The molecule has 2 fully saturated rings. The molecular formula is C26H34ClN3O4. The van der Waals surface area contributed by atoms with Crippen LogP contribution in [0.2, 0.25) is 5.02 Å². The molecule has 0 saturated carbocycles. The van der Waals surface area contributed by atoms with Gasteiger partial charge in [0.1, 0.15) is 0 Å². The molecule has 0 spiro atoms. The number of carbonyl (C=O) groups is 1. The molecule has 2 N–H and O–H groups in total. The van der Waals surface area contributed by atoms with Crippen molar-refractivity contribution in [2.45, 2.75) is 56.8 Å². The highest BCUT2D eigenvalue weighted by Gasteiger charge is 2.38. The van der Waals surface area contributed by atoms with Gasteiger partial charge in [0.25, 0.3) is 0 Å². The first kappa shape index (κ1) is 24.6. The predicted octanol–water partition coefficient (Wildman–Crippen LogP) is 4.48. The number of nitrogens with one attached hydrogen (secondary N) is 2. The number of nitrogens with zero attached hydrogens (tertiary/aromatic N) is 1. The lowest BCUT2D eigenvalue weighted by atomic mass is 9.81. The Morgan fingerprint density at radius 3 is 2.26 bits per heavy atom. The normalized spacial score (nSPS) is 22.2. The number of piperidine rings is 2. The van der Waals surface area contributed by atoms with Crippen molar-refractivity contribution in [2.75, 3.05) is 33.2 Å². The average molecular weight is 488 g/mol. The second-order valence-corrected chi connectivity index (χ2v) is 9.43. The van der Waals surface area contributed by atoms with Gasteiger partial charge in [-0.15, -0.1) is 0 Å². The van der Waals surface area contributed by atoms with E-state index in [0.717, 1.165) is 31.2 Å². The highest BCUT2D eigenvalue weighted by Crippen LogP contribution is 2.39. The van der Waals surface area contributed by atoms with Gasteiger partial charge in [-0.1, -0.05) is 30.2 Å². The highest BCUT2D eigenvalue weighted by molar-refractivity contribution is 6.33. The number of methoxy groups -OCH3 is 3. The lowest BCUT2D eigenvalue weighted by molar-refractivity contribution is -0.120. The van der Waals surface area contributed by atoms with Gasteiger partial charge >= 0.3 is 0 Å². The lowest BCUT2D eigenvalue weighted by Crippen LogP contribution is -2.57. The van der Waals surface area contributed by atoms with Gasteiger partial charge in [-0.3, -0.25) is 9.69 Å². The second-order valence-electron chi connectivity index (χ2n) is 9.02. The van der Waals surface area contributed by atoms with E-state index in [4.69, 9.17) is 25.8 Å². The van der Waals surface area contributed by atoms with Crippen LogP contribution in [0.4, 0.5) is 5.69 Å². The highest BCUT2D eigenvalue weighted by atomic mass is 35.5. The van der Waals surface area contributed by atoms with Gasteiger partial charge < -0.3 is 24.8 Å². The Kier molecular flexibility index (Phi) is 8.19. The van der Waals surface area contributed by atoms with Crippen LogP contribution >= 0.6 is 11.6 Å². The second kappa shape index (κ2) is 11.3. The number of hydrogen-bond donors (Lipinski definition) is 2. The van der Waals surface area contributed by atoms with Gasteiger partial charge in [0.15, 0.2) is 11.5 Å². The first-order valence-corrected chi connectivity index (χ1v) is 12.2. The molecule has 8 heteroatoms. The summed E-state index contributed by atoms with van der Waals surface area (Å²) in [6.07, 6.45) is 5.52. The molecule has 34 heavy (non-hydrogen) atoms. The third kappa shape index (κ3) is 5.59. The van der Waals surface area contributed by atoms with E-state index in [2.05, 4.69) is 15.5 Å². The molecule has 0 aliphatic carbocycles. The summed E-state index contributed by atoms with van der Waals surface area (Å²) >= 11 is 6.21. The van der Waals surface area contributed by atoms with Crippen molar-refractivity contribution in [3.8, 4) is 17.2 Å². The van der Waals surface area contributed by atoms with Crippen molar-refractivity contribution in [3.05, 3.63) is 47.0 Å². The van der Waals surface area contributed by atoms with Gasteiger partial charge in [-0.05, 0) is 55.5 Å². The summed E-state index contributed by atoms with van der Waals surface area (Å²) in [7, 11) is 4.88. The predicted molar refractivity (Wildman–Crippen MR) is 134 cm³/mol. The monoisotopic (exact) mass is 487 g/mol. The molecule has 1 amide bonds. The summed E-state index contributed by atoms with van der Waals surface area (Å²) in [5, 5.41) is 7.27. The van der Waals surface area contributed by atoms with E-state index in [1.807, 2.05) is 30.3 Å². The van der Waals surface area contributed by atoms with E-state index in [1.165, 1.54) is 6.42 Å². The topological polar surface area (TPSA) is 72.1 Å². The van der Waals surface area contributed by atoms with Crippen LogP contribution < -0.4 is 24.8 Å². The summed E-state index contributed by atoms with van der Waals surface area (Å²) in [4.78, 5) is 15.2. The maximum Gasteiger partial charge on any atom is 0.238 e. The summed E-state index contributed by atoms with van der Waals surface area (Å²) in [6, 6.07) is 12.5. The third-order valence-corrected chi connectivity index (χ3v) is 7.25. The van der Waals surface area contributed by atoms with Gasteiger partial charge in [0, 0.05) is 24.7 Å². The molecule has 184 valence electrons. The van der Waals surface area contributed by atoms with E-state index in [0.29, 0.717) is 59.2 Å². The van der Waals surface area contributed by atoms with Crippen molar-refractivity contribution in [1.82, 2.24) is 10.2 Å². The fourth-order valence-electron chi connectivity index (χ4n) is 5.32. The van der Waals surface area contributed by atoms with E-state index >= 15 is 0 Å². The number of fused-ring (bicyclic) bond motifs is 2. The quantitative estimate of drug-likeness (QED) is 0.543. The van der Waals surface area contributed by atoms with Crippen LogP contribution in [0.1, 0.15) is 37.7 Å². The Morgan fingerprint density at radius 2 is 1.68 bits per heavy atom. The molecule has 7 nitrogen and oxygen atoms in total. The maximum absolute atomic E-state index is 12.8. The summed E-state index contributed by atoms with van der Waals surface area (Å²) in [6.45, 7) is 1.12. The van der Waals surface area contributed by atoms with E-state index in [9.17, 15) is 4.79 Å². The van der Waals surface area contributed by atoms with Crippen molar-refractivity contribution >= 4 is 23.2 Å². The molecule has 2 bridgehead atoms. The van der Waals surface area contributed by atoms with Crippen molar-refractivity contribution in [3.63, 3.8) is 0 Å². The SMILES string of the molecule is COc1cc(CNC2CC3CCCC(C2)N3CC(=O)Nc2ccccc2Cl)cc(OC)c1OC. The van der Waals surface area contributed by atoms with Crippen LogP contribution in [0.3, 0.4) is 0 Å². The van der Waals surface area contributed by atoms with Crippen LogP contribution in [-0.2, 0) is 11.3 Å². The van der Waals surface area contributed by atoms with Gasteiger partial charge in [0.2, 0.25) is 11.7 Å². The number of carbonyl (C=O) groups excluding carboxylic acids is 1. The average Bonchev–Trinajstić information content (AvgIpc) is 2.83. The molecule has 2 atom stereocenters. The molecule has 2 aliphatic heterocycles. The fraction of sp³-hybridized carbons (Fsp3) is 0.500. The lowest BCUT2D eigenvalue weighted by Gasteiger charge is -2.48. The minimum Gasteiger partial charge on any atom is -0.493 e. The number of ether oxygens (including phenoxy) is 3. The zero-order chi connectivity index (χ0) is 24.1. The molecule has 0 aromatic heterocycles. The first-order chi connectivity index (χ1) is 16.5. The Morgan fingerprint density at radius 1 is 1.03 bits per heavy atom. The van der Waals surface area contributed by atoms with E-state index < -0.39 is 0 Å². The molecule has 2 aromatic carbocycles. The van der Waals surface area contributed by atoms with Gasteiger partial charge in [-0.2, -0.15) is 0 Å². The smallest absolute Gasteiger partial charge is 0.238 e. The molecule has 2 unspecified atom stereocenters. The van der Waals surface area contributed by atoms with Crippen LogP contribution in [0, 0.1) is 0 Å². The van der Waals surface area contributed by atoms with Crippen molar-refractivity contribution < 1.29 is 19.0 Å². The van der Waals surface area contributed by atoms with Gasteiger partial charge in [-0.25, -0.2) is 0 Å². The maximum atomic E-state index is 12.8. The molecular weight excluding hydrogens is 454 g/mol. The van der Waals surface area contributed by atoms with Crippen LogP contribution in [0.5, 0.6) is 17.2 Å². The van der Waals surface area contributed by atoms with Crippen molar-refractivity contribution in [2.24, 2.45) is 0 Å². The van der Waals surface area contributed by atoms with Crippen LogP contribution in [0.15, 0.2) is 36.4 Å². The zero-order valence-electron chi connectivity index (χ0n) is 20.1. The largest absolute Gasteiger partial charge is 0.493 e. The molecule has 2 aromatic rings. The number of anilines is 1. The number of halogens is 1. The Hall–Kier alpha value is -2.48. The minimum atomic E-state index is -0.00571. The van der Waals surface area contributed by atoms with E-state index in [1.54, 1.807) is 27.4 Å². The fourth-order valence-corrected chi connectivity index (χ4v) is 5.50. The molecule has 0 radical (unpaired) electrons. The first-order valence-electron chi connectivity index (χ1n) is 11.8. The Bertz CT molecular complexity index is 963. The number of rotatable bonds is 9. The molecule has 2 aliphatic rings. The number of amides is 1. The summed E-state index contributed by atoms with van der Waals surface area (Å²) < 4.78 is 16.4. The summed E-state index contributed by atoms with van der Waals surface area (Å²) in [5.41, 5.74) is 1.75. The zero-order valence-corrected chi connectivity index (χ0v) is 20.9. The molecule has 2 saturated heterocycles. The van der Waals surface area contributed by atoms with Gasteiger partial charge in [0.05, 0.1) is 38.6 Å². The minimum absolute atomic E-state index is 0.00571. The Balaban J connectivity index is 1.36. The molecule has 2 heterocycles. The third-order valence-electron chi connectivity index (χ3n) is 6.92. The number of hydrogen-bond acceptors (Lipinski definition) is 6. The van der Waals surface area contributed by atoms with Crippen molar-refractivity contribution in [1.29, 1.82) is 0 Å². The van der Waals surface area contributed by atoms with E-state index in [-0.39, 0.29) is 5.91 Å². The number of para-hydroxylation sites is 1. The molecule has 4 rings (SSSR count). The summed E-state index contributed by atoms with van der Waals surface area (Å²) in [5.74, 6) is 1.92. The Labute approximate surface area is 206 Å². The van der Waals surface area contributed by atoms with Crippen LogP contribution in [0.25, 0.3) is 0 Å². The number of benzene rings is 2. The van der Waals surface area contributed by atoms with Crippen LogP contribution in [-0.4, -0.2) is 56.8 Å².